The summed E-state index contributed by atoms with van der Waals surface area (Å²) in [4.78, 5) is 25.0. The van der Waals surface area contributed by atoms with Gasteiger partial charge in [-0.15, -0.1) is 0 Å². The zero-order chi connectivity index (χ0) is 19.8. The molecular weight excluding hydrogens is 410 g/mol. The molecule has 0 unspecified atom stereocenters. The van der Waals surface area contributed by atoms with E-state index in [4.69, 9.17) is 9.15 Å². The van der Waals surface area contributed by atoms with Crippen molar-refractivity contribution >= 4 is 38.5 Å². The quantitative estimate of drug-likeness (QED) is 0.586. The lowest BCUT2D eigenvalue weighted by molar-refractivity contribution is 0.102. The second-order valence-electron chi connectivity index (χ2n) is 7.25. The van der Waals surface area contributed by atoms with Crippen molar-refractivity contribution in [2.75, 3.05) is 12.4 Å². The van der Waals surface area contributed by atoms with Gasteiger partial charge in [-0.1, -0.05) is 42.8 Å². The predicted octanol–water partition coefficient (Wildman–Crippen LogP) is 5.11. The highest BCUT2D eigenvalue weighted by Crippen LogP contribution is 2.31. The van der Waals surface area contributed by atoms with Crippen LogP contribution in [0.4, 0.5) is 5.69 Å². The van der Waals surface area contributed by atoms with Crippen molar-refractivity contribution in [1.82, 2.24) is 0 Å². The fourth-order valence-corrected chi connectivity index (χ4v) is 3.09. The van der Waals surface area contributed by atoms with Gasteiger partial charge in [0.05, 0.1) is 12.8 Å². The van der Waals surface area contributed by atoms with Crippen molar-refractivity contribution in [3.05, 3.63) is 68.5 Å². The third-order valence-corrected chi connectivity index (χ3v) is 4.75. The van der Waals surface area contributed by atoms with Gasteiger partial charge >= 0.3 is 5.63 Å². The Hall–Kier alpha value is -2.60. The molecule has 1 N–H and O–H groups in total. The number of ether oxygens (including phenoxy) is 1. The molecule has 0 aliphatic carbocycles. The Labute approximate surface area is 165 Å². The molecule has 3 aromatic rings. The first-order chi connectivity index (χ1) is 12.7. The van der Waals surface area contributed by atoms with Crippen LogP contribution in [0.1, 0.15) is 36.7 Å². The van der Waals surface area contributed by atoms with Crippen LogP contribution in [0.25, 0.3) is 11.0 Å². The van der Waals surface area contributed by atoms with E-state index in [1.165, 1.54) is 13.2 Å². The lowest BCUT2D eigenvalue weighted by Gasteiger charge is -2.21. The summed E-state index contributed by atoms with van der Waals surface area (Å²) < 4.78 is 11.4. The summed E-state index contributed by atoms with van der Waals surface area (Å²) >= 11 is 3.37. The first-order valence-corrected chi connectivity index (χ1v) is 9.21. The molecule has 0 aliphatic heterocycles. The number of carbonyl (C=O) groups is 1. The van der Waals surface area contributed by atoms with Crippen LogP contribution in [0.15, 0.2) is 56.1 Å². The average Bonchev–Trinajstić information content (AvgIpc) is 2.60. The number of halogens is 1. The van der Waals surface area contributed by atoms with Gasteiger partial charge in [-0.2, -0.15) is 0 Å². The van der Waals surface area contributed by atoms with Crippen LogP contribution < -0.4 is 15.7 Å². The maximum atomic E-state index is 12.8. The maximum absolute atomic E-state index is 12.8. The highest BCUT2D eigenvalue weighted by Gasteiger charge is 2.19. The van der Waals surface area contributed by atoms with Gasteiger partial charge in [0.2, 0.25) is 0 Å². The van der Waals surface area contributed by atoms with Gasteiger partial charge in [0.15, 0.2) is 0 Å². The largest absolute Gasteiger partial charge is 0.495 e. The van der Waals surface area contributed by atoms with Crippen LogP contribution in [0.2, 0.25) is 0 Å². The molecule has 1 aromatic heterocycles. The molecule has 27 heavy (non-hydrogen) atoms. The highest BCUT2D eigenvalue weighted by molar-refractivity contribution is 9.10. The van der Waals surface area contributed by atoms with Crippen LogP contribution >= 0.6 is 15.9 Å². The van der Waals surface area contributed by atoms with Crippen LogP contribution in [0.5, 0.6) is 5.75 Å². The summed E-state index contributed by atoms with van der Waals surface area (Å²) in [6.45, 7) is 6.24. The van der Waals surface area contributed by atoms with E-state index in [9.17, 15) is 9.59 Å². The van der Waals surface area contributed by atoms with Crippen molar-refractivity contribution in [2.24, 2.45) is 0 Å². The Morgan fingerprint density at radius 1 is 1.11 bits per heavy atom. The van der Waals surface area contributed by atoms with E-state index in [0.717, 1.165) is 10.0 Å². The van der Waals surface area contributed by atoms with E-state index >= 15 is 0 Å². The van der Waals surface area contributed by atoms with Crippen molar-refractivity contribution in [3.8, 4) is 5.75 Å². The normalized spacial score (nSPS) is 11.4. The van der Waals surface area contributed by atoms with Crippen LogP contribution in [-0.2, 0) is 5.41 Å². The molecule has 1 amide bonds. The number of carbonyl (C=O) groups excluding carboxylic acids is 1. The van der Waals surface area contributed by atoms with Crippen LogP contribution in [-0.4, -0.2) is 13.0 Å². The third kappa shape index (κ3) is 4.06. The fraction of sp³-hybridized carbons (Fsp3) is 0.238. The summed E-state index contributed by atoms with van der Waals surface area (Å²) in [5, 5.41) is 3.43. The van der Waals surface area contributed by atoms with Gasteiger partial charge in [0.1, 0.15) is 16.9 Å². The van der Waals surface area contributed by atoms with E-state index < -0.39 is 11.5 Å². The number of rotatable bonds is 3. The van der Waals surface area contributed by atoms with Gasteiger partial charge < -0.3 is 14.5 Å². The van der Waals surface area contributed by atoms with Crippen molar-refractivity contribution in [3.63, 3.8) is 0 Å². The Morgan fingerprint density at radius 3 is 2.52 bits per heavy atom. The predicted molar refractivity (Wildman–Crippen MR) is 110 cm³/mol. The molecule has 0 bridgehead atoms. The number of hydrogen-bond donors (Lipinski definition) is 1. The van der Waals surface area contributed by atoms with Crippen LogP contribution in [0, 0.1) is 0 Å². The van der Waals surface area contributed by atoms with Crippen molar-refractivity contribution in [1.29, 1.82) is 0 Å². The standard InChI is InChI=1S/C21H20BrNO4/c1-21(2,3)13-5-7-18(26-4)16(11-13)23-19(24)15-10-12-9-14(22)6-8-17(12)27-20(15)25/h5-11H,1-4H3,(H,23,24). The Bertz CT molecular complexity index is 1080. The highest BCUT2D eigenvalue weighted by atomic mass is 79.9. The van der Waals surface area contributed by atoms with Gasteiger partial charge in [-0.05, 0) is 47.4 Å². The number of benzene rings is 2. The number of methoxy groups -OCH3 is 1. The second kappa shape index (κ2) is 7.19. The number of anilines is 1. The molecule has 0 saturated heterocycles. The first-order valence-electron chi connectivity index (χ1n) is 8.42. The molecule has 0 atom stereocenters. The van der Waals surface area contributed by atoms with E-state index in [1.807, 2.05) is 12.1 Å². The maximum Gasteiger partial charge on any atom is 0.349 e. The summed E-state index contributed by atoms with van der Waals surface area (Å²) in [5.74, 6) is -0.0285. The molecule has 6 heteroatoms. The lowest BCUT2D eigenvalue weighted by atomic mass is 9.87. The molecule has 1 heterocycles. The van der Waals surface area contributed by atoms with Gasteiger partial charge in [-0.25, -0.2) is 4.79 Å². The average molecular weight is 430 g/mol. The monoisotopic (exact) mass is 429 g/mol. The van der Waals surface area contributed by atoms with Gasteiger partial charge in [-0.3, -0.25) is 4.79 Å². The zero-order valence-corrected chi connectivity index (χ0v) is 17.1. The first kappa shape index (κ1) is 19.2. The molecule has 0 aliphatic rings. The summed E-state index contributed by atoms with van der Waals surface area (Å²) in [6, 6.07) is 12.4. The Morgan fingerprint density at radius 2 is 1.85 bits per heavy atom. The smallest absolute Gasteiger partial charge is 0.349 e. The fourth-order valence-electron chi connectivity index (χ4n) is 2.71. The molecule has 0 radical (unpaired) electrons. The molecule has 0 fully saturated rings. The number of nitrogens with one attached hydrogen (secondary N) is 1. The summed E-state index contributed by atoms with van der Waals surface area (Å²) in [6.07, 6.45) is 0. The SMILES string of the molecule is COc1ccc(C(C)(C)C)cc1NC(=O)c1cc2cc(Br)ccc2oc1=O. The molecular formula is C21H20BrNO4. The topological polar surface area (TPSA) is 68.5 Å². The van der Waals surface area contributed by atoms with Gasteiger partial charge in [0, 0.05) is 9.86 Å². The molecule has 2 aromatic carbocycles. The van der Waals surface area contributed by atoms with Crippen molar-refractivity contribution in [2.45, 2.75) is 26.2 Å². The number of fused-ring (bicyclic) bond motifs is 1. The van der Waals surface area contributed by atoms with E-state index in [2.05, 4.69) is 42.0 Å². The number of hydrogen-bond acceptors (Lipinski definition) is 4. The number of amides is 1. The van der Waals surface area contributed by atoms with Gasteiger partial charge in [0.25, 0.3) is 5.91 Å². The minimum atomic E-state index is -0.687. The Kier molecular flexibility index (Phi) is 5.11. The minimum absolute atomic E-state index is 0.0659. The molecule has 140 valence electrons. The van der Waals surface area contributed by atoms with E-state index in [1.54, 1.807) is 24.3 Å². The van der Waals surface area contributed by atoms with E-state index in [0.29, 0.717) is 22.4 Å². The van der Waals surface area contributed by atoms with Crippen LogP contribution in [0.3, 0.4) is 0 Å². The Balaban J connectivity index is 2.01. The minimum Gasteiger partial charge on any atom is -0.495 e. The van der Waals surface area contributed by atoms with E-state index in [-0.39, 0.29) is 11.0 Å². The second-order valence-corrected chi connectivity index (χ2v) is 8.16. The third-order valence-electron chi connectivity index (χ3n) is 4.25. The molecule has 5 nitrogen and oxygen atoms in total. The molecule has 0 saturated carbocycles. The zero-order valence-electron chi connectivity index (χ0n) is 15.6. The molecule has 3 rings (SSSR count). The summed E-state index contributed by atoms with van der Waals surface area (Å²) in [5.41, 5.74) is 1.11. The summed E-state index contributed by atoms with van der Waals surface area (Å²) in [7, 11) is 1.53. The van der Waals surface area contributed by atoms with Crippen molar-refractivity contribution < 1.29 is 13.9 Å². The molecule has 0 spiro atoms. The lowest BCUT2D eigenvalue weighted by Crippen LogP contribution is -2.21.